The third kappa shape index (κ3) is 2.89. The van der Waals surface area contributed by atoms with E-state index in [-0.39, 0.29) is 11.7 Å². The zero-order valence-corrected chi connectivity index (χ0v) is 10.4. The summed E-state index contributed by atoms with van der Waals surface area (Å²) in [5, 5.41) is 0. The molecule has 94 valence electrons. The Labute approximate surface area is 107 Å². The fourth-order valence-corrected chi connectivity index (χ4v) is 1.98. The molecule has 1 aromatic rings. The first-order valence-corrected chi connectivity index (χ1v) is 6.10. The molecule has 3 heteroatoms. The molecule has 0 heterocycles. The smallest absolute Gasteiger partial charge is 0.254 e. The van der Waals surface area contributed by atoms with Gasteiger partial charge in [0.2, 0.25) is 0 Å². The number of benzene rings is 1. The summed E-state index contributed by atoms with van der Waals surface area (Å²) < 4.78 is 13.0. The first kappa shape index (κ1) is 12.6. The lowest BCUT2D eigenvalue weighted by Crippen LogP contribution is -2.33. The molecule has 18 heavy (non-hydrogen) atoms. The number of rotatable bonds is 4. The topological polar surface area (TPSA) is 20.3 Å². The highest BCUT2D eigenvalue weighted by molar-refractivity contribution is 5.95. The molecule has 2 rings (SSSR count). The number of halogens is 1. The highest BCUT2D eigenvalue weighted by atomic mass is 19.1. The van der Waals surface area contributed by atoms with Gasteiger partial charge in [0.1, 0.15) is 5.82 Å². The van der Waals surface area contributed by atoms with Crippen molar-refractivity contribution in [3.8, 4) is 12.3 Å². The normalized spacial score (nSPS) is 14.1. The van der Waals surface area contributed by atoms with Gasteiger partial charge in [-0.2, -0.15) is 0 Å². The highest BCUT2D eigenvalue weighted by Gasteiger charge is 2.27. The molecule has 1 aromatic carbocycles. The minimum atomic E-state index is -0.324. The molecule has 1 amide bonds. The van der Waals surface area contributed by atoms with E-state index >= 15 is 0 Å². The molecular weight excluding hydrogens is 229 g/mol. The van der Waals surface area contributed by atoms with Crippen LogP contribution < -0.4 is 0 Å². The van der Waals surface area contributed by atoms with Gasteiger partial charge in [-0.1, -0.05) is 5.92 Å². The van der Waals surface area contributed by atoms with Gasteiger partial charge < -0.3 is 4.90 Å². The van der Waals surface area contributed by atoms with E-state index in [0.717, 1.165) is 12.8 Å². The number of carbonyl (C=O) groups excluding carboxylic acids is 1. The summed E-state index contributed by atoms with van der Waals surface area (Å²) in [7, 11) is 0. The Morgan fingerprint density at radius 3 is 2.83 bits per heavy atom. The molecular formula is C15H16FNO. The van der Waals surface area contributed by atoms with E-state index in [1.807, 2.05) is 0 Å². The van der Waals surface area contributed by atoms with Crippen molar-refractivity contribution in [3.63, 3.8) is 0 Å². The molecule has 0 aromatic heterocycles. The molecule has 2 nitrogen and oxygen atoms in total. The third-order valence-corrected chi connectivity index (χ3v) is 3.16. The minimum absolute atomic E-state index is 0.0997. The van der Waals surface area contributed by atoms with Crippen molar-refractivity contribution in [1.29, 1.82) is 0 Å². The first-order valence-electron chi connectivity index (χ1n) is 6.10. The van der Waals surface area contributed by atoms with E-state index in [9.17, 15) is 9.18 Å². The van der Waals surface area contributed by atoms with Crippen molar-refractivity contribution in [2.24, 2.45) is 5.92 Å². The lowest BCUT2D eigenvalue weighted by atomic mass is 10.1. The zero-order valence-electron chi connectivity index (χ0n) is 10.4. The van der Waals surface area contributed by atoms with Gasteiger partial charge >= 0.3 is 0 Å². The average molecular weight is 245 g/mol. The predicted molar refractivity (Wildman–Crippen MR) is 68.6 cm³/mol. The summed E-state index contributed by atoms with van der Waals surface area (Å²) >= 11 is 0. The van der Waals surface area contributed by atoms with Crippen molar-refractivity contribution in [2.45, 2.75) is 19.8 Å². The summed E-state index contributed by atoms with van der Waals surface area (Å²) in [5.41, 5.74) is 1.19. The van der Waals surface area contributed by atoms with Crippen LogP contribution >= 0.6 is 0 Å². The average Bonchev–Trinajstić information content (AvgIpc) is 3.11. The van der Waals surface area contributed by atoms with E-state index < -0.39 is 0 Å². The second-order valence-corrected chi connectivity index (χ2v) is 4.79. The Bertz CT molecular complexity index is 500. The summed E-state index contributed by atoms with van der Waals surface area (Å²) in [5.74, 6) is 2.68. The number of nitrogens with zero attached hydrogens (tertiary/aromatic N) is 1. The molecule has 0 radical (unpaired) electrons. The molecule has 0 N–H and O–H groups in total. The van der Waals surface area contributed by atoms with Crippen LogP contribution in [0.4, 0.5) is 4.39 Å². The third-order valence-electron chi connectivity index (χ3n) is 3.16. The number of amides is 1. The molecule has 0 spiro atoms. The Balaban J connectivity index is 2.18. The van der Waals surface area contributed by atoms with Gasteiger partial charge in [-0.3, -0.25) is 4.79 Å². The molecule has 1 aliphatic rings. The van der Waals surface area contributed by atoms with Crippen LogP contribution in [-0.2, 0) is 0 Å². The molecule has 0 saturated heterocycles. The number of carbonyl (C=O) groups is 1. The molecule has 0 unspecified atom stereocenters. The van der Waals surface area contributed by atoms with Gasteiger partial charge in [0.05, 0.1) is 6.54 Å². The summed E-state index contributed by atoms with van der Waals surface area (Å²) in [6, 6.07) is 4.22. The van der Waals surface area contributed by atoms with E-state index in [2.05, 4.69) is 5.92 Å². The number of terminal acetylenes is 1. The van der Waals surface area contributed by atoms with Crippen LogP contribution in [0.2, 0.25) is 0 Å². The number of hydrogen-bond donors (Lipinski definition) is 0. The maximum absolute atomic E-state index is 13.0. The number of aryl methyl sites for hydroxylation is 1. The van der Waals surface area contributed by atoms with Crippen LogP contribution in [0.15, 0.2) is 18.2 Å². The maximum atomic E-state index is 13.0. The van der Waals surface area contributed by atoms with Crippen molar-refractivity contribution < 1.29 is 9.18 Å². The van der Waals surface area contributed by atoms with Crippen LogP contribution in [0.3, 0.4) is 0 Å². The van der Waals surface area contributed by atoms with E-state index in [4.69, 9.17) is 6.42 Å². The SMILES string of the molecule is C#CCN(CC1CC1)C(=O)c1ccc(F)cc1C. The lowest BCUT2D eigenvalue weighted by molar-refractivity contribution is 0.0769. The van der Waals surface area contributed by atoms with Crippen LogP contribution in [0.5, 0.6) is 0 Å². The van der Waals surface area contributed by atoms with Gasteiger partial charge in [0.25, 0.3) is 5.91 Å². The first-order chi connectivity index (χ1) is 8.61. The van der Waals surface area contributed by atoms with Gasteiger partial charge in [-0.05, 0) is 49.4 Å². The van der Waals surface area contributed by atoms with Gasteiger partial charge in [-0.15, -0.1) is 6.42 Å². The molecule has 1 aliphatic carbocycles. The Kier molecular flexibility index (Phi) is 3.66. The quantitative estimate of drug-likeness (QED) is 0.747. The Hall–Kier alpha value is -1.82. The van der Waals surface area contributed by atoms with Gasteiger partial charge in [0, 0.05) is 12.1 Å². The van der Waals surface area contributed by atoms with Crippen LogP contribution in [0.25, 0.3) is 0 Å². The Morgan fingerprint density at radius 2 is 2.28 bits per heavy atom. The lowest BCUT2D eigenvalue weighted by Gasteiger charge is -2.21. The summed E-state index contributed by atoms with van der Waals surface area (Å²) in [6.07, 6.45) is 7.63. The van der Waals surface area contributed by atoms with Crippen LogP contribution in [0, 0.1) is 31.0 Å². The second-order valence-electron chi connectivity index (χ2n) is 4.79. The molecule has 1 fully saturated rings. The van der Waals surface area contributed by atoms with Crippen LogP contribution in [0.1, 0.15) is 28.8 Å². The zero-order chi connectivity index (χ0) is 13.1. The summed E-state index contributed by atoms with van der Waals surface area (Å²) in [6.45, 7) is 2.76. The van der Waals surface area contributed by atoms with Crippen molar-refractivity contribution in [3.05, 3.63) is 35.1 Å². The second kappa shape index (κ2) is 5.22. The predicted octanol–water partition coefficient (Wildman–Crippen LogP) is 2.62. The van der Waals surface area contributed by atoms with E-state index in [0.29, 0.717) is 30.1 Å². The highest BCUT2D eigenvalue weighted by Crippen LogP contribution is 2.30. The van der Waals surface area contributed by atoms with Crippen molar-refractivity contribution in [1.82, 2.24) is 4.90 Å². The molecule has 0 atom stereocenters. The standard InChI is InChI=1S/C15H16FNO/c1-3-8-17(10-12-4-5-12)15(18)14-7-6-13(16)9-11(14)2/h1,6-7,9,12H,4-5,8,10H2,2H3. The van der Waals surface area contributed by atoms with Crippen molar-refractivity contribution in [2.75, 3.05) is 13.1 Å². The van der Waals surface area contributed by atoms with Gasteiger partial charge in [0.15, 0.2) is 0 Å². The fourth-order valence-electron chi connectivity index (χ4n) is 1.98. The summed E-state index contributed by atoms with van der Waals surface area (Å²) in [4.78, 5) is 14.0. The van der Waals surface area contributed by atoms with Crippen molar-refractivity contribution >= 4 is 5.91 Å². The van der Waals surface area contributed by atoms with Gasteiger partial charge in [-0.25, -0.2) is 4.39 Å². The molecule has 0 bridgehead atoms. The molecule has 1 saturated carbocycles. The monoisotopic (exact) mass is 245 g/mol. The minimum Gasteiger partial charge on any atom is -0.327 e. The van der Waals surface area contributed by atoms with Crippen LogP contribution in [-0.4, -0.2) is 23.9 Å². The van der Waals surface area contributed by atoms with E-state index in [1.54, 1.807) is 11.8 Å². The Morgan fingerprint density at radius 1 is 1.56 bits per heavy atom. The maximum Gasteiger partial charge on any atom is 0.254 e. The fraction of sp³-hybridized carbons (Fsp3) is 0.400. The molecule has 0 aliphatic heterocycles. The van der Waals surface area contributed by atoms with E-state index in [1.165, 1.54) is 18.2 Å². The number of hydrogen-bond acceptors (Lipinski definition) is 1. The largest absolute Gasteiger partial charge is 0.327 e.